The zero-order valence-corrected chi connectivity index (χ0v) is 14.0. The second kappa shape index (κ2) is 7.20. The van der Waals surface area contributed by atoms with Gasteiger partial charge in [0.2, 0.25) is 0 Å². The Kier molecular flexibility index (Phi) is 4.81. The predicted molar refractivity (Wildman–Crippen MR) is 98.2 cm³/mol. The van der Waals surface area contributed by atoms with Gasteiger partial charge in [0.15, 0.2) is 5.84 Å². The maximum Gasteiger partial charge on any atom is 0.367 e. The fourth-order valence-electron chi connectivity index (χ4n) is 2.42. The van der Waals surface area contributed by atoms with Crippen LogP contribution in [0.15, 0.2) is 65.8 Å². The molecule has 0 aliphatic heterocycles. The van der Waals surface area contributed by atoms with E-state index < -0.39 is 10.9 Å². The van der Waals surface area contributed by atoms with E-state index in [0.717, 1.165) is 22.9 Å². The van der Waals surface area contributed by atoms with E-state index in [1.807, 2.05) is 36.4 Å². The lowest BCUT2D eigenvalue weighted by atomic mass is 10.0. The van der Waals surface area contributed by atoms with Crippen LogP contribution in [0.3, 0.4) is 0 Å². The van der Waals surface area contributed by atoms with Crippen molar-refractivity contribution in [2.45, 2.75) is 0 Å². The molecule has 0 aliphatic carbocycles. The lowest BCUT2D eigenvalue weighted by molar-refractivity contribution is -0.384. The number of non-ortho nitro benzene ring substituents is 1. The zero-order valence-electron chi connectivity index (χ0n) is 13.3. The fourth-order valence-corrected chi connectivity index (χ4v) is 2.67. The molecule has 26 heavy (non-hydrogen) atoms. The highest BCUT2D eigenvalue weighted by Gasteiger charge is 2.17. The smallest absolute Gasteiger partial charge is 0.367 e. The van der Waals surface area contributed by atoms with Crippen LogP contribution >= 0.6 is 11.6 Å². The van der Waals surface area contributed by atoms with Crippen LogP contribution in [-0.2, 0) is 4.84 Å². The molecule has 0 spiro atoms. The number of carbonyl (C=O) groups excluding carboxylic acids is 1. The van der Waals surface area contributed by atoms with Crippen LogP contribution in [0.5, 0.6) is 0 Å². The summed E-state index contributed by atoms with van der Waals surface area (Å²) in [4.78, 5) is 27.0. The Hall–Kier alpha value is -3.45. The van der Waals surface area contributed by atoms with Crippen molar-refractivity contribution in [1.82, 2.24) is 0 Å². The summed E-state index contributed by atoms with van der Waals surface area (Å²) in [6, 6.07) is 16.5. The highest BCUT2D eigenvalue weighted by atomic mass is 35.5. The average molecular weight is 370 g/mol. The Labute approximate surface area is 152 Å². The number of carbonyl (C=O) groups is 1. The normalized spacial score (nSPS) is 11.3. The molecule has 0 unspecified atom stereocenters. The van der Waals surface area contributed by atoms with Gasteiger partial charge in [-0.1, -0.05) is 59.2 Å². The number of hydrogen-bond acceptors (Lipinski definition) is 5. The number of nitro groups is 1. The van der Waals surface area contributed by atoms with Crippen LogP contribution in [0.2, 0.25) is 5.02 Å². The minimum atomic E-state index is -0.868. The summed E-state index contributed by atoms with van der Waals surface area (Å²) in [5.41, 5.74) is 6.28. The zero-order chi connectivity index (χ0) is 18.7. The summed E-state index contributed by atoms with van der Waals surface area (Å²) >= 11 is 5.89. The second-order valence-corrected chi connectivity index (χ2v) is 5.71. The third-order valence-electron chi connectivity index (χ3n) is 3.68. The summed E-state index contributed by atoms with van der Waals surface area (Å²) in [6.45, 7) is 0. The Balaban J connectivity index is 1.85. The van der Waals surface area contributed by atoms with E-state index in [4.69, 9.17) is 22.2 Å². The van der Waals surface area contributed by atoms with Gasteiger partial charge in [0.25, 0.3) is 5.69 Å². The first kappa shape index (κ1) is 17.4. The number of nitrogens with zero attached hydrogens (tertiary/aromatic N) is 2. The second-order valence-electron chi connectivity index (χ2n) is 5.30. The molecule has 0 saturated heterocycles. The maximum absolute atomic E-state index is 12.1. The van der Waals surface area contributed by atoms with Gasteiger partial charge in [-0.15, -0.1) is 0 Å². The van der Waals surface area contributed by atoms with Crippen molar-refractivity contribution in [2.24, 2.45) is 10.9 Å². The molecule has 0 heterocycles. The van der Waals surface area contributed by atoms with Crippen LogP contribution in [0.25, 0.3) is 10.8 Å². The highest BCUT2D eigenvalue weighted by Crippen LogP contribution is 2.23. The molecule has 0 aliphatic rings. The first-order valence-corrected chi connectivity index (χ1v) is 7.82. The Bertz CT molecular complexity index is 1040. The Morgan fingerprint density at radius 3 is 2.54 bits per heavy atom. The highest BCUT2D eigenvalue weighted by molar-refractivity contribution is 6.33. The number of fused-ring (bicyclic) bond motifs is 1. The first-order chi connectivity index (χ1) is 12.5. The summed E-state index contributed by atoms with van der Waals surface area (Å²) in [5, 5.41) is 16.1. The third-order valence-corrected chi connectivity index (χ3v) is 3.99. The van der Waals surface area contributed by atoms with Gasteiger partial charge in [-0.05, 0) is 16.8 Å². The van der Waals surface area contributed by atoms with Crippen LogP contribution in [-0.4, -0.2) is 16.7 Å². The molecule has 3 aromatic carbocycles. The van der Waals surface area contributed by atoms with Gasteiger partial charge in [0.1, 0.15) is 0 Å². The SMILES string of the molecule is N/C(=N\OC(=O)c1ccc([N+](=O)[O-])cc1Cl)c1cccc2ccccc12. The largest absolute Gasteiger partial charge is 0.380 e. The number of rotatable bonds is 4. The Morgan fingerprint density at radius 1 is 1.08 bits per heavy atom. The molecule has 0 atom stereocenters. The van der Waals surface area contributed by atoms with Crippen LogP contribution < -0.4 is 5.73 Å². The van der Waals surface area contributed by atoms with Gasteiger partial charge in [-0.2, -0.15) is 0 Å². The summed E-state index contributed by atoms with van der Waals surface area (Å²) in [7, 11) is 0. The molecular weight excluding hydrogens is 358 g/mol. The lowest BCUT2D eigenvalue weighted by Gasteiger charge is -2.06. The van der Waals surface area contributed by atoms with E-state index in [9.17, 15) is 14.9 Å². The van der Waals surface area contributed by atoms with Gasteiger partial charge in [0, 0.05) is 17.7 Å². The number of nitrogens with two attached hydrogens (primary N) is 1. The molecule has 0 saturated carbocycles. The van der Waals surface area contributed by atoms with Gasteiger partial charge < -0.3 is 10.6 Å². The number of amidine groups is 1. The van der Waals surface area contributed by atoms with E-state index in [0.29, 0.717) is 5.56 Å². The maximum atomic E-state index is 12.1. The molecule has 0 amide bonds. The summed E-state index contributed by atoms with van der Waals surface area (Å²) in [5.74, 6) is -0.846. The average Bonchev–Trinajstić information content (AvgIpc) is 2.65. The van der Waals surface area contributed by atoms with E-state index in [2.05, 4.69) is 5.16 Å². The molecule has 130 valence electrons. The standard InChI is InChI=1S/C18H12ClN3O4/c19-16-10-12(22(24)25)8-9-15(16)18(23)26-21-17(20)14-7-3-5-11-4-1-2-6-13(11)14/h1-10H,(H2,20,21). The van der Waals surface area contributed by atoms with Gasteiger partial charge >= 0.3 is 5.97 Å². The number of hydrogen-bond donors (Lipinski definition) is 1. The molecule has 0 radical (unpaired) electrons. The summed E-state index contributed by atoms with van der Waals surface area (Å²) < 4.78 is 0. The lowest BCUT2D eigenvalue weighted by Crippen LogP contribution is -2.16. The van der Waals surface area contributed by atoms with Crippen molar-refractivity contribution >= 4 is 39.9 Å². The molecule has 7 nitrogen and oxygen atoms in total. The van der Waals surface area contributed by atoms with E-state index in [1.165, 1.54) is 6.07 Å². The number of benzene rings is 3. The molecule has 0 bridgehead atoms. The number of nitro benzene ring substituents is 1. The molecule has 0 aromatic heterocycles. The van der Waals surface area contributed by atoms with Crippen molar-refractivity contribution in [3.8, 4) is 0 Å². The van der Waals surface area contributed by atoms with Gasteiger partial charge in [-0.3, -0.25) is 10.1 Å². The van der Waals surface area contributed by atoms with E-state index in [1.54, 1.807) is 6.07 Å². The first-order valence-electron chi connectivity index (χ1n) is 7.44. The predicted octanol–water partition coefficient (Wildman–Crippen LogP) is 3.88. The minimum Gasteiger partial charge on any atom is -0.380 e. The molecule has 3 rings (SSSR count). The number of oxime groups is 1. The molecular formula is C18H12ClN3O4. The van der Waals surface area contributed by atoms with Gasteiger partial charge in [-0.25, -0.2) is 4.79 Å². The van der Waals surface area contributed by atoms with Crippen LogP contribution in [0.4, 0.5) is 5.69 Å². The van der Waals surface area contributed by atoms with Crippen LogP contribution in [0.1, 0.15) is 15.9 Å². The molecule has 8 heteroatoms. The van der Waals surface area contributed by atoms with Crippen molar-refractivity contribution < 1.29 is 14.6 Å². The third kappa shape index (κ3) is 3.47. The molecule has 2 N–H and O–H groups in total. The number of halogens is 1. The van der Waals surface area contributed by atoms with Crippen molar-refractivity contribution in [3.63, 3.8) is 0 Å². The monoisotopic (exact) mass is 369 g/mol. The van der Waals surface area contributed by atoms with E-state index in [-0.39, 0.29) is 22.1 Å². The van der Waals surface area contributed by atoms with E-state index >= 15 is 0 Å². The Morgan fingerprint density at radius 2 is 1.81 bits per heavy atom. The topological polar surface area (TPSA) is 108 Å². The molecule has 0 fully saturated rings. The quantitative estimate of drug-likeness (QED) is 0.247. The van der Waals surface area contributed by atoms with Crippen molar-refractivity contribution in [3.05, 3.63) is 86.9 Å². The van der Waals surface area contributed by atoms with Gasteiger partial charge in [0.05, 0.1) is 15.5 Å². The van der Waals surface area contributed by atoms with Crippen molar-refractivity contribution in [2.75, 3.05) is 0 Å². The molecule has 3 aromatic rings. The minimum absolute atomic E-state index is 0.0215. The summed E-state index contributed by atoms with van der Waals surface area (Å²) in [6.07, 6.45) is 0. The van der Waals surface area contributed by atoms with Crippen LogP contribution in [0, 0.1) is 10.1 Å². The fraction of sp³-hybridized carbons (Fsp3) is 0. The van der Waals surface area contributed by atoms with Crippen molar-refractivity contribution in [1.29, 1.82) is 0 Å².